The van der Waals surface area contributed by atoms with Gasteiger partial charge in [0.15, 0.2) is 0 Å². The number of hydrogen-bond acceptors (Lipinski definition) is 2. The second kappa shape index (κ2) is 5.82. The average molecular weight is 247 g/mol. The Labute approximate surface area is 106 Å². The fourth-order valence-electron chi connectivity index (χ4n) is 1.98. The highest BCUT2D eigenvalue weighted by atomic mass is 32.1. The molecule has 1 aliphatic carbocycles. The molecule has 0 saturated carbocycles. The Bertz CT molecular complexity index is 431. The largest absolute Gasteiger partial charge is 0.351 e. The Morgan fingerprint density at radius 1 is 1.59 bits per heavy atom. The van der Waals surface area contributed by atoms with Crippen LogP contribution in [0.2, 0.25) is 0 Å². The highest BCUT2D eigenvalue weighted by Crippen LogP contribution is 2.22. The Balaban J connectivity index is 1.75. The van der Waals surface area contributed by atoms with Crippen LogP contribution in [0.3, 0.4) is 0 Å². The van der Waals surface area contributed by atoms with Gasteiger partial charge in [-0.25, -0.2) is 0 Å². The molecular weight excluding hydrogens is 230 g/mol. The molecule has 0 saturated heterocycles. The lowest BCUT2D eigenvalue weighted by atomic mass is 9.90. The molecular formula is C14H17NOS. The molecule has 0 spiro atoms. The zero-order valence-corrected chi connectivity index (χ0v) is 10.8. The van der Waals surface area contributed by atoms with Crippen LogP contribution in [-0.2, 0) is 0 Å². The minimum atomic E-state index is 0.0491. The number of rotatable bonds is 4. The van der Waals surface area contributed by atoms with E-state index >= 15 is 0 Å². The van der Waals surface area contributed by atoms with Gasteiger partial charge < -0.3 is 5.32 Å². The number of carbonyl (C=O) groups excluding carboxylic acids is 1. The second-order valence-electron chi connectivity index (χ2n) is 4.29. The van der Waals surface area contributed by atoms with Crippen LogP contribution in [0.1, 0.15) is 29.4 Å². The predicted molar refractivity (Wildman–Crippen MR) is 72.3 cm³/mol. The van der Waals surface area contributed by atoms with Crippen LogP contribution < -0.4 is 5.32 Å². The van der Waals surface area contributed by atoms with Crippen molar-refractivity contribution in [2.75, 3.05) is 6.54 Å². The van der Waals surface area contributed by atoms with Crippen molar-refractivity contribution < 1.29 is 4.79 Å². The summed E-state index contributed by atoms with van der Waals surface area (Å²) in [6, 6.07) is 3.76. The van der Waals surface area contributed by atoms with E-state index in [1.165, 1.54) is 16.9 Å². The van der Waals surface area contributed by atoms with E-state index in [9.17, 15) is 4.79 Å². The maximum absolute atomic E-state index is 11.7. The molecule has 1 unspecified atom stereocenters. The zero-order chi connectivity index (χ0) is 12.1. The molecule has 2 nitrogen and oxygen atoms in total. The molecule has 0 radical (unpaired) electrons. The molecule has 0 aliphatic heterocycles. The molecule has 1 heterocycles. The molecule has 3 heteroatoms. The van der Waals surface area contributed by atoms with Crippen LogP contribution in [0.25, 0.3) is 0 Å². The van der Waals surface area contributed by atoms with E-state index in [1.54, 1.807) is 0 Å². The monoisotopic (exact) mass is 247 g/mol. The van der Waals surface area contributed by atoms with E-state index in [1.807, 2.05) is 17.5 Å². The minimum absolute atomic E-state index is 0.0491. The van der Waals surface area contributed by atoms with Gasteiger partial charge in [0.2, 0.25) is 0 Å². The van der Waals surface area contributed by atoms with Gasteiger partial charge in [-0.2, -0.15) is 0 Å². The summed E-state index contributed by atoms with van der Waals surface area (Å²) in [6.45, 7) is 2.91. The Morgan fingerprint density at radius 3 is 3.18 bits per heavy atom. The minimum Gasteiger partial charge on any atom is -0.351 e. The zero-order valence-electron chi connectivity index (χ0n) is 9.98. The fraction of sp³-hybridized carbons (Fsp3) is 0.357. The van der Waals surface area contributed by atoms with E-state index in [0.717, 1.165) is 24.3 Å². The van der Waals surface area contributed by atoms with Crippen molar-refractivity contribution in [3.63, 3.8) is 0 Å². The molecule has 1 atom stereocenters. The van der Waals surface area contributed by atoms with Gasteiger partial charge in [0.25, 0.3) is 5.91 Å². The standard InChI is InChI=1S/C14H17NOS/c1-11-5-2-3-6-12(11)8-9-15-14(16)13-7-4-10-17-13/h2-5,7,10,12H,6,8-9H2,1H3,(H,15,16). The molecule has 1 amide bonds. The Kier molecular flexibility index (Phi) is 4.15. The van der Waals surface area contributed by atoms with Crippen molar-refractivity contribution >= 4 is 17.2 Å². The van der Waals surface area contributed by atoms with Crippen LogP contribution in [0.5, 0.6) is 0 Å². The summed E-state index contributed by atoms with van der Waals surface area (Å²) in [5.41, 5.74) is 1.41. The molecule has 0 fully saturated rings. The SMILES string of the molecule is CC1=CC=CCC1CCNC(=O)c1cccs1. The summed E-state index contributed by atoms with van der Waals surface area (Å²) in [7, 11) is 0. The number of allylic oxidation sites excluding steroid dienone is 4. The molecule has 90 valence electrons. The topological polar surface area (TPSA) is 29.1 Å². The van der Waals surface area contributed by atoms with Crippen LogP contribution in [0.4, 0.5) is 0 Å². The van der Waals surface area contributed by atoms with E-state index in [4.69, 9.17) is 0 Å². The van der Waals surface area contributed by atoms with Crippen molar-refractivity contribution in [3.05, 3.63) is 46.2 Å². The third-order valence-corrected chi connectivity index (χ3v) is 3.95. The lowest BCUT2D eigenvalue weighted by molar-refractivity contribution is 0.0956. The molecule has 1 N–H and O–H groups in total. The average Bonchev–Trinajstić information content (AvgIpc) is 2.85. The molecule has 1 aliphatic rings. The van der Waals surface area contributed by atoms with Crippen molar-refractivity contribution in [1.82, 2.24) is 5.32 Å². The van der Waals surface area contributed by atoms with Crippen molar-refractivity contribution in [2.45, 2.75) is 19.8 Å². The van der Waals surface area contributed by atoms with Gasteiger partial charge in [-0.1, -0.05) is 29.9 Å². The summed E-state index contributed by atoms with van der Waals surface area (Å²) in [4.78, 5) is 12.5. The van der Waals surface area contributed by atoms with E-state index in [0.29, 0.717) is 5.92 Å². The van der Waals surface area contributed by atoms with Gasteiger partial charge >= 0.3 is 0 Å². The highest BCUT2D eigenvalue weighted by molar-refractivity contribution is 7.12. The Hall–Kier alpha value is -1.35. The maximum Gasteiger partial charge on any atom is 0.261 e. The van der Waals surface area contributed by atoms with Crippen molar-refractivity contribution in [3.8, 4) is 0 Å². The van der Waals surface area contributed by atoms with Gasteiger partial charge in [0, 0.05) is 6.54 Å². The lowest BCUT2D eigenvalue weighted by Crippen LogP contribution is -2.25. The second-order valence-corrected chi connectivity index (χ2v) is 5.24. The summed E-state index contributed by atoms with van der Waals surface area (Å²) >= 11 is 1.48. The van der Waals surface area contributed by atoms with E-state index in [2.05, 4.69) is 30.5 Å². The molecule has 0 bridgehead atoms. The summed E-state index contributed by atoms with van der Waals surface area (Å²) in [5.74, 6) is 0.636. The van der Waals surface area contributed by atoms with E-state index < -0.39 is 0 Å². The number of nitrogens with one attached hydrogen (secondary N) is 1. The molecule has 0 aromatic carbocycles. The van der Waals surface area contributed by atoms with Gasteiger partial charge in [0.1, 0.15) is 0 Å². The summed E-state index contributed by atoms with van der Waals surface area (Å²) in [5, 5.41) is 4.90. The van der Waals surface area contributed by atoms with Crippen LogP contribution >= 0.6 is 11.3 Å². The number of amides is 1. The smallest absolute Gasteiger partial charge is 0.261 e. The highest BCUT2D eigenvalue weighted by Gasteiger charge is 2.12. The van der Waals surface area contributed by atoms with Crippen molar-refractivity contribution in [1.29, 1.82) is 0 Å². The first-order valence-corrected chi connectivity index (χ1v) is 6.80. The van der Waals surface area contributed by atoms with Gasteiger partial charge in [-0.15, -0.1) is 11.3 Å². The van der Waals surface area contributed by atoms with Gasteiger partial charge in [-0.05, 0) is 37.1 Å². The number of hydrogen-bond donors (Lipinski definition) is 1. The molecule has 1 aromatic heterocycles. The normalized spacial score (nSPS) is 18.9. The maximum atomic E-state index is 11.7. The summed E-state index contributed by atoms with van der Waals surface area (Å²) in [6.07, 6.45) is 8.57. The van der Waals surface area contributed by atoms with Gasteiger partial charge in [-0.3, -0.25) is 4.79 Å². The number of carbonyl (C=O) groups is 1. The Morgan fingerprint density at radius 2 is 2.47 bits per heavy atom. The predicted octanol–water partition coefficient (Wildman–Crippen LogP) is 3.39. The first kappa shape index (κ1) is 12.1. The van der Waals surface area contributed by atoms with Crippen LogP contribution in [0, 0.1) is 5.92 Å². The first-order valence-electron chi connectivity index (χ1n) is 5.92. The van der Waals surface area contributed by atoms with Gasteiger partial charge in [0.05, 0.1) is 4.88 Å². The van der Waals surface area contributed by atoms with Crippen LogP contribution in [0.15, 0.2) is 41.3 Å². The molecule has 2 rings (SSSR count). The third-order valence-electron chi connectivity index (χ3n) is 3.08. The third kappa shape index (κ3) is 3.30. The lowest BCUT2D eigenvalue weighted by Gasteiger charge is -2.18. The summed E-state index contributed by atoms with van der Waals surface area (Å²) < 4.78 is 0. The fourth-order valence-corrected chi connectivity index (χ4v) is 2.63. The molecule has 17 heavy (non-hydrogen) atoms. The van der Waals surface area contributed by atoms with Crippen LogP contribution in [-0.4, -0.2) is 12.5 Å². The first-order chi connectivity index (χ1) is 8.27. The van der Waals surface area contributed by atoms with E-state index in [-0.39, 0.29) is 5.91 Å². The molecule has 1 aromatic rings. The van der Waals surface area contributed by atoms with Crippen molar-refractivity contribution in [2.24, 2.45) is 5.92 Å². The quantitative estimate of drug-likeness (QED) is 0.868. The number of thiophene rings is 1.